The molecule has 1 saturated heterocycles. The highest BCUT2D eigenvalue weighted by atomic mass is 19.1. The largest absolute Gasteiger partial charge is 0.489 e. The lowest BCUT2D eigenvalue weighted by Crippen LogP contribution is -2.57. The van der Waals surface area contributed by atoms with Crippen molar-refractivity contribution >= 4 is 34.0 Å². The lowest BCUT2D eigenvalue weighted by molar-refractivity contribution is 0.255. The molecule has 41 heavy (non-hydrogen) atoms. The van der Waals surface area contributed by atoms with Gasteiger partial charge in [0.1, 0.15) is 35.7 Å². The Bertz CT molecular complexity index is 1750. The van der Waals surface area contributed by atoms with Gasteiger partial charge in [-0.15, -0.1) is 0 Å². The standard InChI is InChI=1S/C30H29F2N7O2/c1-17(2)39-18(3)34-29-23(31)10-19(11-26(29)39)28-24(32)13-33-30(36-28)35-20-4-5-25-27(12-20)41-16-22-14-37(7-8-38(22)25)21-6-9-40-15-21/h4-6,9-13,15,17,22H,7-8,14,16H2,1-3H3,(H,33,35,36). The third-order valence-electron chi connectivity index (χ3n) is 7.77. The molecule has 2 aliphatic rings. The highest BCUT2D eigenvalue weighted by molar-refractivity contribution is 5.83. The highest BCUT2D eigenvalue weighted by Gasteiger charge is 2.33. The summed E-state index contributed by atoms with van der Waals surface area (Å²) in [5, 5.41) is 3.16. The Balaban J connectivity index is 1.14. The summed E-state index contributed by atoms with van der Waals surface area (Å²) in [7, 11) is 0. The first-order valence-corrected chi connectivity index (χ1v) is 13.6. The Labute approximate surface area is 235 Å². The van der Waals surface area contributed by atoms with E-state index in [0.717, 1.165) is 43.0 Å². The minimum absolute atomic E-state index is 0.00463. The van der Waals surface area contributed by atoms with Gasteiger partial charge in [-0.2, -0.15) is 0 Å². The Hall–Kier alpha value is -4.67. The van der Waals surface area contributed by atoms with Crippen molar-refractivity contribution in [1.82, 2.24) is 19.5 Å². The van der Waals surface area contributed by atoms with Crippen LogP contribution in [-0.4, -0.2) is 51.8 Å². The third-order valence-corrected chi connectivity index (χ3v) is 7.77. The van der Waals surface area contributed by atoms with E-state index in [4.69, 9.17) is 9.15 Å². The normalized spacial score (nSPS) is 16.6. The maximum absolute atomic E-state index is 15.1. The second-order valence-electron chi connectivity index (χ2n) is 10.7. The summed E-state index contributed by atoms with van der Waals surface area (Å²) >= 11 is 0. The number of aromatic nitrogens is 4. The summed E-state index contributed by atoms with van der Waals surface area (Å²) in [6.07, 6.45) is 4.55. The van der Waals surface area contributed by atoms with E-state index >= 15 is 4.39 Å². The van der Waals surface area contributed by atoms with Crippen LogP contribution in [0.3, 0.4) is 0 Å². The molecule has 1 fully saturated rings. The van der Waals surface area contributed by atoms with Crippen LogP contribution in [0.5, 0.6) is 5.75 Å². The number of furan rings is 1. The van der Waals surface area contributed by atoms with Crippen molar-refractivity contribution in [1.29, 1.82) is 0 Å². The Morgan fingerprint density at radius 2 is 1.93 bits per heavy atom. The zero-order valence-corrected chi connectivity index (χ0v) is 22.9. The smallest absolute Gasteiger partial charge is 0.227 e. The summed E-state index contributed by atoms with van der Waals surface area (Å²) in [5.41, 5.74) is 3.98. The maximum atomic E-state index is 15.1. The first kappa shape index (κ1) is 25.3. The number of imidazole rings is 1. The lowest BCUT2D eigenvalue weighted by atomic mass is 10.1. The number of hydrogen-bond acceptors (Lipinski definition) is 8. The summed E-state index contributed by atoms with van der Waals surface area (Å²) in [6.45, 7) is 8.96. The number of rotatable bonds is 5. The number of nitrogens with zero attached hydrogens (tertiary/aromatic N) is 6. The molecule has 1 unspecified atom stereocenters. The minimum atomic E-state index is -0.643. The van der Waals surface area contributed by atoms with Crippen molar-refractivity contribution in [2.45, 2.75) is 32.9 Å². The van der Waals surface area contributed by atoms with E-state index in [0.29, 0.717) is 29.2 Å². The fourth-order valence-corrected chi connectivity index (χ4v) is 5.93. The van der Waals surface area contributed by atoms with E-state index in [2.05, 4.69) is 30.1 Å². The van der Waals surface area contributed by atoms with Gasteiger partial charge in [-0.25, -0.2) is 23.7 Å². The molecule has 0 aliphatic carbocycles. The van der Waals surface area contributed by atoms with Crippen LogP contribution in [0.1, 0.15) is 25.7 Å². The number of benzene rings is 2. The molecule has 3 aromatic heterocycles. The molecule has 0 bridgehead atoms. The zero-order chi connectivity index (χ0) is 28.2. The van der Waals surface area contributed by atoms with Gasteiger partial charge >= 0.3 is 0 Å². The number of aryl methyl sites for hydroxylation is 1. The second-order valence-corrected chi connectivity index (χ2v) is 10.7. The molecular weight excluding hydrogens is 528 g/mol. The molecule has 0 radical (unpaired) electrons. The van der Waals surface area contributed by atoms with Crippen molar-refractivity contribution in [3.05, 3.63) is 72.6 Å². The number of anilines is 4. The molecule has 0 amide bonds. The van der Waals surface area contributed by atoms with Gasteiger partial charge in [0, 0.05) is 43.0 Å². The molecule has 9 nitrogen and oxygen atoms in total. The molecular formula is C30H29F2N7O2. The van der Waals surface area contributed by atoms with Crippen LogP contribution in [0, 0.1) is 18.6 Å². The van der Waals surface area contributed by atoms with Crippen LogP contribution in [0.15, 0.2) is 59.5 Å². The van der Waals surface area contributed by atoms with Crippen LogP contribution >= 0.6 is 0 Å². The van der Waals surface area contributed by atoms with Crippen LogP contribution in [0.25, 0.3) is 22.3 Å². The van der Waals surface area contributed by atoms with Gasteiger partial charge in [0.2, 0.25) is 5.95 Å². The lowest BCUT2D eigenvalue weighted by Gasteiger charge is -2.46. The van der Waals surface area contributed by atoms with Gasteiger partial charge in [0.05, 0.1) is 35.4 Å². The quantitative estimate of drug-likeness (QED) is 0.278. The van der Waals surface area contributed by atoms with Crippen molar-refractivity contribution in [2.24, 2.45) is 0 Å². The SMILES string of the molecule is Cc1nc2c(F)cc(-c3nc(Nc4ccc5c(c4)OCC4CN(c6ccoc6)CCN54)ncc3F)cc2n1C(C)C. The molecule has 2 aromatic carbocycles. The summed E-state index contributed by atoms with van der Waals surface area (Å²) in [4.78, 5) is 17.6. The molecule has 2 aliphatic heterocycles. The monoisotopic (exact) mass is 557 g/mol. The predicted molar refractivity (Wildman–Crippen MR) is 153 cm³/mol. The van der Waals surface area contributed by atoms with Gasteiger partial charge < -0.3 is 28.8 Å². The summed E-state index contributed by atoms with van der Waals surface area (Å²) in [6, 6.07) is 11.1. The molecule has 0 spiro atoms. The van der Waals surface area contributed by atoms with E-state index in [-0.39, 0.29) is 29.2 Å². The number of nitrogens with one attached hydrogen (secondary N) is 1. The van der Waals surface area contributed by atoms with Gasteiger partial charge in [-0.05, 0) is 51.1 Å². The first-order chi connectivity index (χ1) is 19.9. The van der Waals surface area contributed by atoms with Crippen LogP contribution < -0.4 is 19.9 Å². The Morgan fingerprint density at radius 3 is 2.73 bits per heavy atom. The molecule has 5 aromatic rings. The zero-order valence-electron chi connectivity index (χ0n) is 22.9. The number of fused-ring (bicyclic) bond motifs is 4. The van der Waals surface area contributed by atoms with Gasteiger partial charge in [0.25, 0.3) is 0 Å². The Morgan fingerprint density at radius 1 is 1.05 bits per heavy atom. The van der Waals surface area contributed by atoms with Crippen molar-refractivity contribution < 1.29 is 17.9 Å². The fraction of sp³-hybridized carbons (Fsp3) is 0.300. The van der Waals surface area contributed by atoms with Gasteiger partial charge in [-0.3, -0.25) is 0 Å². The van der Waals surface area contributed by atoms with Gasteiger partial charge in [-0.1, -0.05) is 0 Å². The first-order valence-electron chi connectivity index (χ1n) is 13.6. The van der Waals surface area contributed by atoms with E-state index < -0.39 is 11.6 Å². The molecule has 7 rings (SSSR count). The third kappa shape index (κ3) is 4.41. The van der Waals surface area contributed by atoms with Crippen LogP contribution in [0.2, 0.25) is 0 Å². The molecule has 210 valence electrons. The van der Waals surface area contributed by atoms with E-state index in [1.807, 2.05) is 49.6 Å². The van der Waals surface area contributed by atoms with E-state index in [1.54, 1.807) is 18.6 Å². The van der Waals surface area contributed by atoms with Gasteiger partial charge in [0.15, 0.2) is 11.6 Å². The van der Waals surface area contributed by atoms with Crippen LogP contribution in [-0.2, 0) is 0 Å². The minimum Gasteiger partial charge on any atom is -0.489 e. The second kappa shape index (κ2) is 9.76. The van der Waals surface area contributed by atoms with Crippen molar-refractivity contribution in [2.75, 3.05) is 41.4 Å². The number of hydrogen-bond donors (Lipinski definition) is 1. The molecule has 1 N–H and O–H groups in total. The number of halogens is 2. The number of piperazine rings is 1. The Kier molecular flexibility index (Phi) is 6.02. The maximum Gasteiger partial charge on any atom is 0.227 e. The highest BCUT2D eigenvalue weighted by Crippen LogP contribution is 2.38. The summed E-state index contributed by atoms with van der Waals surface area (Å²) in [5.74, 6) is 0.477. The molecule has 11 heteroatoms. The van der Waals surface area contributed by atoms with Crippen molar-refractivity contribution in [3.8, 4) is 17.0 Å². The molecule has 0 saturated carbocycles. The number of ether oxygens (including phenoxy) is 1. The van der Waals surface area contributed by atoms with Crippen LogP contribution in [0.4, 0.5) is 31.8 Å². The average Bonchev–Trinajstić information content (AvgIpc) is 3.62. The molecule has 5 heterocycles. The average molecular weight is 558 g/mol. The summed E-state index contributed by atoms with van der Waals surface area (Å²) < 4.78 is 43.3. The van der Waals surface area contributed by atoms with E-state index in [1.165, 1.54) is 6.07 Å². The van der Waals surface area contributed by atoms with E-state index in [9.17, 15) is 4.39 Å². The topological polar surface area (TPSA) is 84.5 Å². The molecule has 1 atom stereocenters. The predicted octanol–water partition coefficient (Wildman–Crippen LogP) is 6.09. The van der Waals surface area contributed by atoms with Crippen molar-refractivity contribution in [3.63, 3.8) is 0 Å². The fourth-order valence-electron chi connectivity index (χ4n) is 5.93.